The van der Waals surface area contributed by atoms with Crippen molar-refractivity contribution >= 4 is 51.1 Å². The van der Waals surface area contributed by atoms with E-state index in [-0.39, 0.29) is 5.88 Å². The Morgan fingerprint density at radius 2 is 2.21 bits per heavy atom. The molecule has 5 heteroatoms. The molecule has 0 amide bonds. The number of halogens is 3. The average molecular weight is 297 g/mol. The van der Waals surface area contributed by atoms with Crippen LogP contribution in [0, 0.1) is 0 Å². The number of anilines is 1. The summed E-state index contributed by atoms with van der Waals surface area (Å²) in [7, 11) is 0. The maximum atomic E-state index is 10.7. The van der Waals surface area contributed by atoms with Crippen molar-refractivity contribution in [1.82, 2.24) is 0 Å². The quantitative estimate of drug-likeness (QED) is 0.529. The number of benzene rings is 1. The standard InChI is InChI=1S/C9H8BrCl2NO/c10-8-2-6(12)1-7(9(8)13)5(3-11)4-14/h1-2,4-5H,3,13H2. The lowest BCUT2D eigenvalue weighted by molar-refractivity contribution is -0.108. The molecule has 1 rings (SSSR count). The van der Waals surface area contributed by atoms with Crippen LogP contribution in [0.5, 0.6) is 0 Å². The van der Waals surface area contributed by atoms with Gasteiger partial charge in [-0.25, -0.2) is 0 Å². The van der Waals surface area contributed by atoms with Crippen LogP contribution in [0.3, 0.4) is 0 Å². The molecule has 0 fully saturated rings. The van der Waals surface area contributed by atoms with Gasteiger partial charge in [-0.05, 0) is 33.6 Å². The highest BCUT2D eigenvalue weighted by Crippen LogP contribution is 2.32. The Kier molecular flexibility index (Phi) is 4.23. The van der Waals surface area contributed by atoms with Crippen molar-refractivity contribution in [3.05, 3.63) is 27.2 Å². The normalized spacial score (nSPS) is 12.5. The summed E-state index contributed by atoms with van der Waals surface area (Å²) in [5.74, 6) is -0.216. The topological polar surface area (TPSA) is 43.1 Å². The second-order valence-electron chi connectivity index (χ2n) is 2.79. The van der Waals surface area contributed by atoms with Gasteiger partial charge in [0.1, 0.15) is 6.29 Å². The Hall–Kier alpha value is -0.250. The zero-order chi connectivity index (χ0) is 10.7. The fourth-order valence-electron chi connectivity index (χ4n) is 1.10. The predicted molar refractivity (Wildman–Crippen MR) is 63.1 cm³/mol. The predicted octanol–water partition coefficient (Wildman–Crippen LogP) is 3.21. The molecule has 1 atom stereocenters. The number of rotatable bonds is 3. The average Bonchev–Trinajstić information content (AvgIpc) is 2.15. The third-order valence-electron chi connectivity index (χ3n) is 1.86. The van der Waals surface area contributed by atoms with Gasteiger partial charge in [0.05, 0.1) is 5.92 Å². The molecule has 76 valence electrons. The van der Waals surface area contributed by atoms with Gasteiger partial charge in [-0.2, -0.15) is 0 Å². The third-order valence-corrected chi connectivity index (χ3v) is 3.06. The second kappa shape index (κ2) is 5.01. The van der Waals surface area contributed by atoms with E-state index in [4.69, 9.17) is 28.9 Å². The fraction of sp³-hybridized carbons (Fsp3) is 0.222. The van der Waals surface area contributed by atoms with Crippen molar-refractivity contribution < 1.29 is 4.79 Å². The van der Waals surface area contributed by atoms with Crippen molar-refractivity contribution in [2.45, 2.75) is 5.92 Å². The lowest BCUT2D eigenvalue weighted by Crippen LogP contribution is -2.06. The van der Waals surface area contributed by atoms with Gasteiger partial charge in [0.25, 0.3) is 0 Å². The number of nitrogens with two attached hydrogens (primary N) is 1. The van der Waals surface area contributed by atoms with Gasteiger partial charge in [0.2, 0.25) is 0 Å². The molecule has 14 heavy (non-hydrogen) atoms. The summed E-state index contributed by atoms with van der Waals surface area (Å²) in [6.45, 7) is 0. The van der Waals surface area contributed by atoms with Crippen molar-refractivity contribution in [1.29, 1.82) is 0 Å². The number of aldehydes is 1. The lowest BCUT2D eigenvalue weighted by atomic mass is 10.0. The van der Waals surface area contributed by atoms with Crippen molar-refractivity contribution in [3.8, 4) is 0 Å². The van der Waals surface area contributed by atoms with E-state index >= 15 is 0 Å². The van der Waals surface area contributed by atoms with E-state index in [1.54, 1.807) is 12.1 Å². The molecule has 0 heterocycles. The molecule has 0 radical (unpaired) electrons. The molecule has 2 nitrogen and oxygen atoms in total. The van der Waals surface area contributed by atoms with Gasteiger partial charge in [0, 0.05) is 21.1 Å². The highest BCUT2D eigenvalue weighted by molar-refractivity contribution is 9.10. The van der Waals surface area contributed by atoms with Crippen molar-refractivity contribution in [3.63, 3.8) is 0 Å². The Morgan fingerprint density at radius 3 is 2.71 bits per heavy atom. The van der Waals surface area contributed by atoms with Gasteiger partial charge in [0.15, 0.2) is 0 Å². The van der Waals surface area contributed by atoms with Crippen LogP contribution >= 0.6 is 39.1 Å². The molecule has 0 bridgehead atoms. The molecule has 1 aromatic carbocycles. The van der Waals surface area contributed by atoms with E-state index < -0.39 is 5.92 Å². The highest BCUT2D eigenvalue weighted by atomic mass is 79.9. The van der Waals surface area contributed by atoms with Gasteiger partial charge < -0.3 is 10.5 Å². The van der Waals surface area contributed by atoms with Crippen LogP contribution in [0.1, 0.15) is 11.5 Å². The number of carbonyl (C=O) groups excluding carboxylic acids is 1. The van der Waals surface area contributed by atoms with Gasteiger partial charge in [-0.1, -0.05) is 11.6 Å². The molecule has 1 aromatic rings. The maximum absolute atomic E-state index is 10.7. The minimum absolute atomic E-state index is 0.195. The second-order valence-corrected chi connectivity index (χ2v) is 4.39. The molecule has 2 N–H and O–H groups in total. The van der Waals surface area contributed by atoms with E-state index in [1.165, 1.54) is 0 Å². The molecule has 0 aliphatic heterocycles. The first kappa shape index (κ1) is 11.8. The molecular weight excluding hydrogens is 289 g/mol. The van der Waals surface area contributed by atoms with E-state index in [9.17, 15) is 4.79 Å². The van der Waals surface area contributed by atoms with Gasteiger partial charge in [-0.15, -0.1) is 11.6 Å². The number of hydrogen-bond acceptors (Lipinski definition) is 2. The number of hydrogen-bond donors (Lipinski definition) is 1. The van der Waals surface area contributed by atoms with Crippen LogP contribution < -0.4 is 5.73 Å². The maximum Gasteiger partial charge on any atom is 0.128 e. The summed E-state index contributed by atoms with van der Waals surface area (Å²) in [6.07, 6.45) is 0.765. The summed E-state index contributed by atoms with van der Waals surface area (Å²) in [5.41, 5.74) is 6.95. The minimum Gasteiger partial charge on any atom is -0.398 e. The first-order valence-corrected chi connectivity index (χ1v) is 5.56. The highest BCUT2D eigenvalue weighted by Gasteiger charge is 2.15. The summed E-state index contributed by atoms with van der Waals surface area (Å²) in [4.78, 5) is 10.7. The Labute approximate surface area is 101 Å². The summed E-state index contributed by atoms with van der Waals surface area (Å²) < 4.78 is 0.678. The van der Waals surface area contributed by atoms with Gasteiger partial charge >= 0.3 is 0 Å². The summed E-state index contributed by atoms with van der Waals surface area (Å²) in [6, 6.07) is 3.33. The molecule has 1 unspecified atom stereocenters. The largest absolute Gasteiger partial charge is 0.398 e. The van der Waals surface area contributed by atoms with Crippen LogP contribution in [0.4, 0.5) is 5.69 Å². The molecule has 0 aliphatic rings. The number of alkyl halides is 1. The van der Waals surface area contributed by atoms with E-state index in [1.807, 2.05) is 0 Å². The lowest BCUT2D eigenvalue weighted by Gasteiger charge is -2.12. The Balaban J connectivity index is 3.25. The van der Waals surface area contributed by atoms with Crippen molar-refractivity contribution in [2.24, 2.45) is 0 Å². The van der Waals surface area contributed by atoms with Crippen molar-refractivity contribution in [2.75, 3.05) is 11.6 Å². The van der Waals surface area contributed by atoms with Crippen LogP contribution in [0.15, 0.2) is 16.6 Å². The monoisotopic (exact) mass is 295 g/mol. The Bertz CT molecular complexity index is 357. The zero-order valence-electron chi connectivity index (χ0n) is 7.14. The van der Waals surface area contributed by atoms with Crippen LogP contribution in [-0.4, -0.2) is 12.2 Å². The molecule has 0 saturated carbocycles. The molecule has 0 saturated heterocycles. The summed E-state index contributed by atoms with van der Waals surface area (Å²) in [5, 5.41) is 0.526. The smallest absolute Gasteiger partial charge is 0.128 e. The SMILES string of the molecule is Nc1c(Br)cc(Cl)cc1C(C=O)CCl. The van der Waals surface area contributed by atoms with Gasteiger partial charge in [-0.3, -0.25) is 0 Å². The van der Waals surface area contributed by atoms with E-state index in [0.29, 0.717) is 20.7 Å². The minimum atomic E-state index is -0.410. The van der Waals surface area contributed by atoms with E-state index in [2.05, 4.69) is 15.9 Å². The first-order valence-electron chi connectivity index (χ1n) is 3.85. The zero-order valence-corrected chi connectivity index (χ0v) is 10.2. The molecular formula is C9H8BrCl2NO. The number of nitrogen functional groups attached to an aromatic ring is 1. The third kappa shape index (κ3) is 2.41. The van der Waals surface area contributed by atoms with E-state index in [0.717, 1.165) is 6.29 Å². The first-order chi connectivity index (χ1) is 6.60. The van der Waals surface area contributed by atoms with Crippen LogP contribution in [0.25, 0.3) is 0 Å². The van der Waals surface area contributed by atoms with Crippen LogP contribution in [0.2, 0.25) is 5.02 Å². The summed E-state index contributed by atoms with van der Waals surface area (Å²) >= 11 is 14.7. The number of carbonyl (C=O) groups is 1. The molecule has 0 spiro atoms. The fourth-order valence-corrected chi connectivity index (χ4v) is 2.18. The Morgan fingerprint density at radius 1 is 1.57 bits per heavy atom. The molecule has 0 aliphatic carbocycles. The molecule has 0 aromatic heterocycles. The van der Waals surface area contributed by atoms with Crippen LogP contribution in [-0.2, 0) is 4.79 Å².